The van der Waals surface area contributed by atoms with E-state index in [0.29, 0.717) is 13.1 Å². The molecule has 0 radical (unpaired) electrons. The van der Waals surface area contributed by atoms with Gasteiger partial charge in [0.05, 0.1) is 6.10 Å². The number of carbonyl (C=O) groups is 1. The number of halogens is 1. The average molecular weight is 364 g/mol. The molecule has 22 heavy (non-hydrogen) atoms. The van der Waals surface area contributed by atoms with Crippen molar-refractivity contribution in [1.29, 1.82) is 5.26 Å². The zero-order chi connectivity index (χ0) is 15.8. The van der Waals surface area contributed by atoms with Crippen molar-refractivity contribution in [1.82, 2.24) is 10.6 Å². The van der Waals surface area contributed by atoms with Crippen LogP contribution in [-0.4, -0.2) is 25.2 Å². The van der Waals surface area contributed by atoms with Gasteiger partial charge in [0, 0.05) is 30.4 Å². The monoisotopic (exact) mass is 363 g/mol. The Kier molecular flexibility index (Phi) is 6.44. The summed E-state index contributed by atoms with van der Waals surface area (Å²) in [6.45, 7) is 1.75. The highest BCUT2D eigenvalue weighted by molar-refractivity contribution is 9.10. The number of ether oxygens (including phenoxy) is 1. The minimum absolute atomic E-state index is 0.0649. The Hall–Kier alpha value is -1.84. The van der Waals surface area contributed by atoms with Gasteiger partial charge in [-0.1, -0.05) is 28.1 Å². The molecule has 116 valence electrons. The van der Waals surface area contributed by atoms with Gasteiger partial charge in [-0.25, -0.2) is 0 Å². The van der Waals surface area contributed by atoms with Crippen LogP contribution in [0.5, 0.6) is 0 Å². The number of nitrogens with zero attached hydrogens (tertiary/aromatic N) is 1. The van der Waals surface area contributed by atoms with E-state index in [-0.39, 0.29) is 17.6 Å². The zero-order valence-corrected chi connectivity index (χ0v) is 13.7. The van der Waals surface area contributed by atoms with Crippen LogP contribution in [0.15, 0.2) is 40.5 Å². The van der Waals surface area contributed by atoms with Crippen LogP contribution >= 0.6 is 15.9 Å². The Balaban J connectivity index is 1.80. The normalized spacial score (nSPS) is 17.8. The van der Waals surface area contributed by atoms with E-state index >= 15 is 0 Å². The molecular formula is C16H18BrN3O2. The van der Waals surface area contributed by atoms with E-state index in [1.807, 2.05) is 30.3 Å². The number of hydrogen-bond acceptors (Lipinski definition) is 4. The van der Waals surface area contributed by atoms with Crippen LogP contribution in [0.2, 0.25) is 0 Å². The minimum atomic E-state index is -0.374. The highest BCUT2D eigenvalue weighted by Crippen LogP contribution is 2.11. The summed E-state index contributed by atoms with van der Waals surface area (Å²) in [6.07, 6.45) is 3.50. The topological polar surface area (TPSA) is 74.2 Å². The van der Waals surface area contributed by atoms with Gasteiger partial charge in [0.25, 0.3) is 5.91 Å². The van der Waals surface area contributed by atoms with Gasteiger partial charge in [0.1, 0.15) is 11.6 Å². The maximum absolute atomic E-state index is 11.9. The molecule has 0 saturated carbocycles. The number of nitrogens with one attached hydrogen (secondary N) is 2. The molecular weight excluding hydrogens is 346 g/mol. The van der Waals surface area contributed by atoms with Crippen molar-refractivity contribution in [2.24, 2.45) is 0 Å². The Morgan fingerprint density at radius 3 is 2.86 bits per heavy atom. The average Bonchev–Trinajstić information content (AvgIpc) is 3.04. The first-order valence-electron chi connectivity index (χ1n) is 7.17. The molecule has 1 aliphatic rings. The Morgan fingerprint density at radius 1 is 1.45 bits per heavy atom. The van der Waals surface area contributed by atoms with Crippen molar-refractivity contribution in [3.05, 3.63) is 46.1 Å². The van der Waals surface area contributed by atoms with Crippen LogP contribution in [0.3, 0.4) is 0 Å². The first kappa shape index (κ1) is 16.5. The molecule has 1 aliphatic heterocycles. The van der Waals surface area contributed by atoms with Gasteiger partial charge in [-0.2, -0.15) is 5.26 Å². The molecule has 2 rings (SSSR count). The lowest BCUT2D eigenvalue weighted by Crippen LogP contribution is -2.32. The molecule has 1 saturated heterocycles. The highest BCUT2D eigenvalue weighted by atomic mass is 79.9. The lowest BCUT2D eigenvalue weighted by atomic mass is 10.2. The molecule has 1 unspecified atom stereocenters. The highest BCUT2D eigenvalue weighted by Gasteiger charge is 2.17. The molecule has 1 fully saturated rings. The van der Waals surface area contributed by atoms with Crippen molar-refractivity contribution < 1.29 is 9.53 Å². The molecule has 0 spiro atoms. The third kappa shape index (κ3) is 5.17. The Bertz CT molecular complexity index is 572. The maximum atomic E-state index is 11.9. The molecule has 5 nitrogen and oxygen atoms in total. The molecule has 6 heteroatoms. The van der Waals surface area contributed by atoms with E-state index in [4.69, 9.17) is 10.00 Å². The van der Waals surface area contributed by atoms with Gasteiger partial charge < -0.3 is 15.4 Å². The quantitative estimate of drug-likeness (QED) is 0.600. The Labute approximate surface area is 138 Å². The zero-order valence-electron chi connectivity index (χ0n) is 12.1. The summed E-state index contributed by atoms with van der Waals surface area (Å²) >= 11 is 3.37. The van der Waals surface area contributed by atoms with Crippen molar-refractivity contribution in [2.45, 2.75) is 25.5 Å². The minimum Gasteiger partial charge on any atom is -0.386 e. The van der Waals surface area contributed by atoms with Crippen molar-refractivity contribution in [2.75, 3.05) is 13.2 Å². The fourth-order valence-corrected chi connectivity index (χ4v) is 2.39. The molecule has 1 aromatic rings. The third-order valence-electron chi connectivity index (χ3n) is 3.35. The predicted octanol–water partition coefficient (Wildman–Crippen LogP) is 2.24. The second-order valence-electron chi connectivity index (χ2n) is 5.02. The molecule has 2 N–H and O–H groups in total. The number of rotatable bonds is 6. The van der Waals surface area contributed by atoms with Crippen molar-refractivity contribution >= 4 is 21.8 Å². The number of carbonyl (C=O) groups excluding carboxylic acids is 1. The van der Waals surface area contributed by atoms with Crippen LogP contribution in [0, 0.1) is 11.3 Å². The molecule has 0 aliphatic carbocycles. The number of amides is 1. The summed E-state index contributed by atoms with van der Waals surface area (Å²) in [4.78, 5) is 11.9. The second-order valence-corrected chi connectivity index (χ2v) is 5.94. The Morgan fingerprint density at radius 2 is 2.23 bits per heavy atom. The van der Waals surface area contributed by atoms with E-state index in [1.54, 1.807) is 0 Å². The second kappa shape index (κ2) is 8.57. The summed E-state index contributed by atoms with van der Waals surface area (Å²) < 4.78 is 6.44. The van der Waals surface area contributed by atoms with E-state index < -0.39 is 0 Å². The van der Waals surface area contributed by atoms with Crippen LogP contribution in [0.1, 0.15) is 18.4 Å². The summed E-state index contributed by atoms with van der Waals surface area (Å²) in [5.74, 6) is -0.374. The van der Waals surface area contributed by atoms with Crippen LogP contribution in [0.25, 0.3) is 0 Å². The number of benzene rings is 1. The molecule has 1 aromatic carbocycles. The first-order valence-corrected chi connectivity index (χ1v) is 7.96. The van der Waals surface area contributed by atoms with Gasteiger partial charge >= 0.3 is 0 Å². The lowest BCUT2D eigenvalue weighted by molar-refractivity contribution is -0.117. The molecule has 1 atom stereocenters. The fourth-order valence-electron chi connectivity index (χ4n) is 2.13. The predicted molar refractivity (Wildman–Crippen MR) is 86.7 cm³/mol. The van der Waals surface area contributed by atoms with Crippen LogP contribution < -0.4 is 10.6 Å². The van der Waals surface area contributed by atoms with Crippen molar-refractivity contribution in [3.63, 3.8) is 0 Å². The molecule has 0 aromatic heterocycles. The van der Waals surface area contributed by atoms with Gasteiger partial charge in [-0.3, -0.25) is 4.79 Å². The van der Waals surface area contributed by atoms with E-state index in [2.05, 4.69) is 26.6 Å². The van der Waals surface area contributed by atoms with Crippen LogP contribution in [-0.2, 0) is 16.1 Å². The summed E-state index contributed by atoms with van der Waals surface area (Å²) in [5.41, 5.74) is 1.13. The molecule has 1 amide bonds. The fraction of sp³-hybridized carbons (Fsp3) is 0.375. The van der Waals surface area contributed by atoms with Gasteiger partial charge in [-0.05, 0) is 30.5 Å². The van der Waals surface area contributed by atoms with Crippen LogP contribution in [0.4, 0.5) is 0 Å². The maximum Gasteiger partial charge on any atom is 0.263 e. The lowest BCUT2D eigenvalue weighted by Gasteiger charge is -2.10. The molecule has 1 heterocycles. The summed E-state index contributed by atoms with van der Waals surface area (Å²) in [5, 5.41) is 14.8. The number of nitriles is 1. The summed E-state index contributed by atoms with van der Waals surface area (Å²) in [6, 6.07) is 9.73. The number of hydrogen-bond donors (Lipinski definition) is 2. The van der Waals surface area contributed by atoms with E-state index in [0.717, 1.165) is 29.5 Å². The molecule has 0 bridgehead atoms. The van der Waals surface area contributed by atoms with Gasteiger partial charge in [-0.15, -0.1) is 0 Å². The van der Waals surface area contributed by atoms with E-state index in [1.165, 1.54) is 6.20 Å². The van der Waals surface area contributed by atoms with Gasteiger partial charge in [0.2, 0.25) is 0 Å². The van der Waals surface area contributed by atoms with Gasteiger partial charge in [0.15, 0.2) is 0 Å². The SMILES string of the molecule is N#C/C(=C/NCc1ccc(Br)cc1)C(=O)NCC1CCCO1. The summed E-state index contributed by atoms with van der Waals surface area (Å²) in [7, 11) is 0. The smallest absolute Gasteiger partial charge is 0.263 e. The van der Waals surface area contributed by atoms with Crippen molar-refractivity contribution in [3.8, 4) is 6.07 Å². The largest absolute Gasteiger partial charge is 0.386 e. The van der Waals surface area contributed by atoms with E-state index in [9.17, 15) is 4.79 Å². The third-order valence-corrected chi connectivity index (χ3v) is 3.87. The standard InChI is InChI=1S/C16H18BrN3O2/c17-14-5-3-12(4-6-14)9-19-10-13(8-18)16(21)20-11-15-2-1-7-22-15/h3-6,10,15,19H,1-2,7,9,11H2,(H,20,21)/b13-10-. The first-order chi connectivity index (χ1) is 10.7.